The lowest BCUT2D eigenvalue weighted by atomic mass is 9.89. The van der Waals surface area contributed by atoms with Crippen molar-refractivity contribution in [2.75, 3.05) is 0 Å². The summed E-state index contributed by atoms with van der Waals surface area (Å²) >= 11 is 0. The number of fused-ring (bicyclic) bond motifs is 2. The molecule has 4 rings (SSSR count). The van der Waals surface area contributed by atoms with E-state index in [-0.39, 0.29) is 10.8 Å². The quantitative estimate of drug-likeness (QED) is 0.541. The molecule has 0 atom stereocenters. The molecule has 0 aliphatic heterocycles. The van der Waals surface area contributed by atoms with Gasteiger partial charge in [-0.2, -0.15) is 10.2 Å². The molecule has 140 valence electrons. The fourth-order valence-electron chi connectivity index (χ4n) is 3.31. The van der Waals surface area contributed by atoms with Crippen molar-refractivity contribution in [1.29, 1.82) is 0 Å². The third-order valence-corrected chi connectivity index (χ3v) is 4.75. The lowest BCUT2D eigenvalue weighted by Crippen LogP contribution is -2.16. The Labute approximate surface area is 159 Å². The number of rotatable bonds is 2. The van der Waals surface area contributed by atoms with E-state index in [2.05, 4.69) is 57.7 Å². The average molecular weight is 362 g/mol. The van der Waals surface area contributed by atoms with Gasteiger partial charge in [0.1, 0.15) is 0 Å². The lowest BCUT2D eigenvalue weighted by molar-refractivity contribution is 0.547. The van der Waals surface area contributed by atoms with Crippen LogP contribution in [0.15, 0.2) is 36.8 Å². The monoisotopic (exact) mass is 362 g/mol. The second-order valence-corrected chi connectivity index (χ2v) is 9.17. The largest absolute Gasteiger partial charge is 0.236 e. The molecule has 0 N–H and O–H groups in total. The molecule has 0 aliphatic rings. The zero-order valence-electron chi connectivity index (χ0n) is 16.9. The molecule has 0 aliphatic carbocycles. The van der Waals surface area contributed by atoms with Crippen molar-refractivity contribution in [3.63, 3.8) is 0 Å². The van der Waals surface area contributed by atoms with Gasteiger partial charge in [0.25, 0.3) is 0 Å². The Hall–Kier alpha value is -2.76. The number of nitrogens with zero attached hydrogens (tertiary/aromatic N) is 6. The van der Waals surface area contributed by atoms with Gasteiger partial charge < -0.3 is 0 Å². The Balaban J connectivity index is 1.70. The van der Waals surface area contributed by atoms with Gasteiger partial charge in [0.2, 0.25) is 0 Å². The Morgan fingerprint density at radius 3 is 2.44 bits per heavy atom. The number of hydrogen-bond donors (Lipinski definition) is 0. The maximum absolute atomic E-state index is 4.75. The van der Waals surface area contributed by atoms with Crippen LogP contribution >= 0.6 is 0 Å². The van der Waals surface area contributed by atoms with Crippen LogP contribution in [0.2, 0.25) is 0 Å². The molecule has 0 spiro atoms. The van der Waals surface area contributed by atoms with Crippen molar-refractivity contribution in [2.24, 2.45) is 0 Å². The predicted molar refractivity (Wildman–Crippen MR) is 106 cm³/mol. The molecule has 6 heteroatoms. The van der Waals surface area contributed by atoms with E-state index in [1.807, 2.05) is 39.8 Å². The minimum absolute atomic E-state index is 0.00334. The van der Waals surface area contributed by atoms with E-state index in [4.69, 9.17) is 10.1 Å². The second kappa shape index (κ2) is 5.87. The van der Waals surface area contributed by atoms with Gasteiger partial charge >= 0.3 is 0 Å². The van der Waals surface area contributed by atoms with Crippen molar-refractivity contribution in [3.05, 3.63) is 59.4 Å². The summed E-state index contributed by atoms with van der Waals surface area (Å²) in [5.74, 6) is 0.788. The van der Waals surface area contributed by atoms with Gasteiger partial charge in [-0.15, -0.1) is 0 Å². The summed E-state index contributed by atoms with van der Waals surface area (Å²) in [6, 6.07) is 6.15. The minimum atomic E-state index is 0.00334. The van der Waals surface area contributed by atoms with Gasteiger partial charge in [0.05, 0.1) is 6.20 Å². The highest BCUT2D eigenvalue weighted by atomic mass is 15.3. The van der Waals surface area contributed by atoms with Gasteiger partial charge in [-0.25, -0.2) is 19.0 Å². The third kappa shape index (κ3) is 3.20. The molecule has 0 fully saturated rings. The van der Waals surface area contributed by atoms with Crippen molar-refractivity contribution >= 4 is 11.3 Å². The molecule has 0 aromatic carbocycles. The van der Waals surface area contributed by atoms with Crippen LogP contribution in [0.4, 0.5) is 0 Å². The first kappa shape index (κ1) is 17.6. The van der Waals surface area contributed by atoms with Gasteiger partial charge in [-0.05, 0) is 23.1 Å². The Kier molecular flexibility index (Phi) is 3.84. The number of pyridine rings is 1. The summed E-state index contributed by atoms with van der Waals surface area (Å²) in [5.41, 5.74) is 5.14. The molecule has 6 nitrogen and oxygen atoms in total. The van der Waals surface area contributed by atoms with Crippen LogP contribution in [0.25, 0.3) is 11.3 Å². The van der Waals surface area contributed by atoms with Gasteiger partial charge in [-0.3, -0.25) is 0 Å². The van der Waals surface area contributed by atoms with E-state index >= 15 is 0 Å². The lowest BCUT2D eigenvalue weighted by Gasteiger charge is -2.19. The summed E-state index contributed by atoms with van der Waals surface area (Å²) in [6.07, 6.45) is 6.46. The summed E-state index contributed by atoms with van der Waals surface area (Å²) < 4.78 is 3.80. The summed E-state index contributed by atoms with van der Waals surface area (Å²) in [6.45, 7) is 13.1. The first-order valence-electron chi connectivity index (χ1n) is 9.31. The van der Waals surface area contributed by atoms with Gasteiger partial charge in [0, 0.05) is 35.5 Å². The molecule has 0 bridgehead atoms. The van der Waals surface area contributed by atoms with Crippen LogP contribution in [-0.2, 0) is 17.3 Å². The molecular formula is C21H26N6. The van der Waals surface area contributed by atoms with Crippen molar-refractivity contribution in [2.45, 2.75) is 58.8 Å². The van der Waals surface area contributed by atoms with Crippen LogP contribution in [0.5, 0.6) is 0 Å². The molecule has 0 saturated heterocycles. The molecule has 0 amide bonds. The van der Waals surface area contributed by atoms with Gasteiger partial charge in [0.15, 0.2) is 17.1 Å². The molecule has 4 aromatic rings. The fraction of sp³-hybridized carbons (Fsp3) is 0.429. The van der Waals surface area contributed by atoms with E-state index < -0.39 is 0 Å². The SMILES string of the molecule is CC(C)(C)c1cnn2cc(Cc3nc4cccc(C(C)(C)C)n4n3)cnc12. The Morgan fingerprint density at radius 2 is 1.74 bits per heavy atom. The maximum Gasteiger partial charge on any atom is 0.158 e. The van der Waals surface area contributed by atoms with Crippen molar-refractivity contribution in [3.8, 4) is 0 Å². The van der Waals surface area contributed by atoms with Crippen LogP contribution in [0, 0.1) is 0 Å². The highest BCUT2D eigenvalue weighted by Crippen LogP contribution is 2.26. The van der Waals surface area contributed by atoms with Crippen LogP contribution < -0.4 is 0 Å². The molecule has 4 aromatic heterocycles. The minimum Gasteiger partial charge on any atom is -0.236 e. The standard InChI is InChI=1S/C21H26N6/c1-20(2,3)15-12-23-26-13-14(11-22-19(15)26)10-17-24-18-9-7-8-16(21(4,5)6)27(18)25-17/h7-9,11-13H,10H2,1-6H3. The first-order valence-corrected chi connectivity index (χ1v) is 9.31. The molecule has 27 heavy (non-hydrogen) atoms. The molecule has 0 radical (unpaired) electrons. The molecular weight excluding hydrogens is 336 g/mol. The topological polar surface area (TPSA) is 60.4 Å². The average Bonchev–Trinajstić information content (AvgIpc) is 3.15. The van der Waals surface area contributed by atoms with Crippen molar-refractivity contribution < 1.29 is 0 Å². The van der Waals surface area contributed by atoms with Crippen molar-refractivity contribution in [1.82, 2.24) is 29.2 Å². The van der Waals surface area contributed by atoms with E-state index in [0.717, 1.165) is 33.9 Å². The second-order valence-electron chi connectivity index (χ2n) is 9.17. The summed E-state index contributed by atoms with van der Waals surface area (Å²) in [7, 11) is 0. The van der Waals surface area contributed by atoms with E-state index in [9.17, 15) is 0 Å². The third-order valence-electron chi connectivity index (χ3n) is 4.75. The number of hydrogen-bond acceptors (Lipinski definition) is 4. The van der Waals surface area contributed by atoms with E-state index in [0.29, 0.717) is 6.42 Å². The normalized spacial score (nSPS) is 13.0. The molecule has 0 saturated carbocycles. The zero-order chi connectivity index (χ0) is 19.4. The summed E-state index contributed by atoms with van der Waals surface area (Å²) in [5, 5.41) is 9.23. The zero-order valence-corrected chi connectivity index (χ0v) is 16.9. The van der Waals surface area contributed by atoms with E-state index in [1.54, 1.807) is 0 Å². The summed E-state index contributed by atoms with van der Waals surface area (Å²) in [4.78, 5) is 9.35. The molecule has 4 heterocycles. The smallest absolute Gasteiger partial charge is 0.158 e. The van der Waals surface area contributed by atoms with Crippen LogP contribution in [-0.4, -0.2) is 29.2 Å². The molecule has 0 unspecified atom stereocenters. The number of aromatic nitrogens is 6. The maximum atomic E-state index is 4.75. The van der Waals surface area contributed by atoms with Crippen LogP contribution in [0.3, 0.4) is 0 Å². The Bertz CT molecular complexity index is 1120. The van der Waals surface area contributed by atoms with E-state index in [1.165, 1.54) is 0 Å². The van der Waals surface area contributed by atoms with Gasteiger partial charge in [-0.1, -0.05) is 47.6 Å². The highest BCUT2D eigenvalue weighted by molar-refractivity contribution is 5.50. The Morgan fingerprint density at radius 1 is 0.963 bits per heavy atom. The first-order chi connectivity index (χ1) is 12.6. The van der Waals surface area contributed by atoms with Crippen LogP contribution in [0.1, 0.15) is 64.2 Å². The predicted octanol–water partition coefficient (Wildman–Crippen LogP) is 3.96. The fourth-order valence-corrected chi connectivity index (χ4v) is 3.31. The highest BCUT2D eigenvalue weighted by Gasteiger charge is 2.21.